The Balaban J connectivity index is 2.40. The van der Waals surface area contributed by atoms with E-state index in [1.807, 2.05) is 30.3 Å². The monoisotopic (exact) mass is 243 g/mol. The summed E-state index contributed by atoms with van der Waals surface area (Å²) in [5.74, 6) is 0. The summed E-state index contributed by atoms with van der Waals surface area (Å²) in [5.41, 5.74) is 2.29. The Morgan fingerprint density at radius 2 is 1.89 bits per heavy atom. The number of aldehydes is 1. The first kappa shape index (κ1) is 12.5. The highest BCUT2D eigenvalue weighted by molar-refractivity contribution is 5.73. The van der Waals surface area contributed by atoms with Gasteiger partial charge in [-0.25, -0.2) is 4.68 Å². The number of aromatic nitrogens is 3. The molecule has 0 radical (unpaired) electrons. The molecule has 0 bridgehead atoms. The molecule has 0 aliphatic carbocycles. The molecule has 0 unspecified atom stereocenters. The molecule has 4 nitrogen and oxygen atoms in total. The van der Waals surface area contributed by atoms with Crippen molar-refractivity contribution in [1.29, 1.82) is 0 Å². The summed E-state index contributed by atoms with van der Waals surface area (Å²) in [5, 5.41) is 8.03. The second-order valence-corrected chi connectivity index (χ2v) is 5.33. The molecule has 0 saturated heterocycles. The van der Waals surface area contributed by atoms with Gasteiger partial charge < -0.3 is 0 Å². The number of hydrogen-bond donors (Lipinski definition) is 0. The standard InChI is InChI=1S/C14H17N3O/c1-14(2,3)13-12(10-18)15-16-17(13)9-11-7-5-4-6-8-11/h4-8,10H,9H2,1-3H3. The summed E-state index contributed by atoms with van der Waals surface area (Å²) in [7, 11) is 0. The number of carbonyl (C=O) groups is 1. The van der Waals surface area contributed by atoms with Gasteiger partial charge in [0.05, 0.1) is 12.2 Å². The highest BCUT2D eigenvalue weighted by Crippen LogP contribution is 2.24. The van der Waals surface area contributed by atoms with Crippen LogP contribution in [0.3, 0.4) is 0 Å². The van der Waals surface area contributed by atoms with E-state index in [2.05, 4.69) is 31.1 Å². The first-order chi connectivity index (χ1) is 8.52. The molecule has 0 atom stereocenters. The topological polar surface area (TPSA) is 47.8 Å². The van der Waals surface area contributed by atoms with Crippen molar-refractivity contribution in [3.05, 3.63) is 47.3 Å². The van der Waals surface area contributed by atoms with E-state index >= 15 is 0 Å². The van der Waals surface area contributed by atoms with Gasteiger partial charge in [-0.15, -0.1) is 5.10 Å². The van der Waals surface area contributed by atoms with Gasteiger partial charge >= 0.3 is 0 Å². The van der Waals surface area contributed by atoms with Crippen LogP contribution in [0.4, 0.5) is 0 Å². The molecule has 1 aromatic heterocycles. The molecule has 0 amide bonds. The molecule has 4 heteroatoms. The molecule has 0 spiro atoms. The fraction of sp³-hybridized carbons (Fsp3) is 0.357. The first-order valence-electron chi connectivity index (χ1n) is 5.95. The van der Waals surface area contributed by atoms with Crippen molar-refractivity contribution in [3.8, 4) is 0 Å². The normalized spacial score (nSPS) is 11.5. The van der Waals surface area contributed by atoms with Crippen LogP contribution < -0.4 is 0 Å². The predicted molar refractivity (Wildman–Crippen MR) is 69.7 cm³/mol. The molecule has 18 heavy (non-hydrogen) atoms. The Morgan fingerprint density at radius 1 is 1.22 bits per heavy atom. The molecule has 0 aliphatic heterocycles. The SMILES string of the molecule is CC(C)(C)c1c(C=O)nnn1Cc1ccccc1. The lowest BCUT2D eigenvalue weighted by atomic mass is 9.90. The minimum atomic E-state index is -0.158. The fourth-order valence-electron chi connectivity index (χ4n) is 2.04. The van der Waals surface area contributed by atoms with Crippen LogP contribution in [0.2, 0.25) is 0 Å². The van der Waals surface area contributed by atoms with Crippen molar-refractivity contribution < 1.29 is 4.79 Å². The van der Waals surface area contributed by atoms with Crippen LogP contribution in [0.5, 0.6) is 0 Å². The first-order valence-corrected chi connectivity index (χ1v) is 5.95. The summed E-state index contributed by atoms with van der Waals surface area (Å²) in [6, 6.07) is 10.0. The van der Waals surface area contributed by atoms with Gasteiger partial charge in [0.1, 0.15) is 5.69 Å². The number of nitrogens with zero attached hydrogens (tertiary/aromatic N) is 3. The van der Waals surface area contributed by atoms with Gasteiger partial charge in [0.2, 0.25) is 0 Å². The van der Waals surface area contributed by atoms with Gasteiger partial charge in [0.25, 0.3) is 0 Å². The molecular formula is C14H17N3O. The third kappa shape index (κ3) is 2.47. The molecule has 0 aliphatic rings. The third-order valence-electron chi connectivity index (χ3n) is 2.76. The number of carbonyl (C=O) groups excluding carboxylic acids is 1. The summed E-state index contributed by atoms with van der Waals surface area (Å²) in [4.78, 5) is 11.0. The van der Waals surface area contributed by atoms with Crippen LogP contribution in [0.25, 0.3) is 0 Å². The fourth-order valence-corrected chi connectivity index (χ4v) is 2.04. The van der Waals surface area contributed by atoms with Gasteiger partial charge in [-0.3, -0.25) is 4.79 Å². The van der Waals surface area contributed by atoms with Crippen LogP contribution in [-0.4, -0.2) is 21.3 Å². The van der Waals surface area contributed by atoms with Crippen LogP contribution in [-0.2, 0) is 12.0 Å². The van der Waals surface area contributed by atoms with E-state index in [0.29, 0.717) is 12.2 Å². The maximum atomic E-state index is 11.0. The number of hydrogen-bond acceptors (Lipinski definition) is 3. The summed E-state index contributed by atoms with van der Waals surface area (Å²) >= 11 is 0. The maximum Gasteiger partial charge on any atom is 0.172 e. The highest BCUT2D eigenvalue weighted by atomic mass is 16.1. The number of benzene rings is 1. The summed E-state index contributed by atoms with van der Waals surface area (Å²) in [6.45, 7) is 6.80. The van der Waals surface area contributed by atoms with Crippen molar-refractivity contribution >= 4 is 6.29 Å². The molecule has 94 valence electrons. The lowest BCUT2D eigenvalue weighted by molar-refractivity contribution is 0.111. The zero-order valence-electron chi connectivity index (χ0n) is 10.9. The van der Waals surface area contributed by atoms with E-state index in [1.165, 1.54) is 0 Å². The third-order valence-corrected chi connectivity index (χ3v) is 2.76. The lowest BCUT2D eigenvalue weighted by Gasteiger charge is -2.20. The van der Waals surface area contributed by atoms with Crippen LogP contribution >= 0.6 is 0 Å². The van der Waals surface area contributed by atoms with Crippen molar-refractivity contribution in [2.75, 3.05) is 0 Å². The average Bonchev–Trinajstić information content (AvgIpc) is 2.73. The lowest BCUT2D eigenvalue weighted by Crippen LogP contribution is -2.20. The van der Waals surface area contributed by atoms with Gasteiger partial charge in [0.15, 0.2) is 6.29 Å². The van der Waals surface area contributed by atoms with Crippen molar-refractivity contribution in [1.82, 2.24) is 15.0 Å². The van der Waals surface area contributed by atoms with Crippen molar-refractivity contribution in [2.24, 2.45) is 0 Å². The average molecular weight is 243 g/mol. The minimum Gasteiger partial charge on any atom is -0.296 e. The quantitative estimate of drug-likeness (QED) is 0.778. The van der Waals surface area contributed by atoms with Gasteiger partial charge in [-0.1, -0.05) is 56.3 Å². The Labute approximate surface area is 107 Å². The maximum absolute atomic E-state index is 11.0. The molecular weight excluding hydrogens is 226 g/mol. The summed E-state index contributed by atoms with van der Waals surface area (Å²) in [6.07, 6.45) is 0.773. The van der Waals surface area contributed by atoms with Gasteiger partial charge in [0, 0.05) is 5.41 Å². The molecule has 0 saturated carbocycles. The zero-order chi connectivity index (χ0) is 13.2. The largest absolute Gasteiger partial charge is 0.296 e. The van der Waals surface area contributed by atoms with E-state index in [0.717, 1.165) is 17.5 Å². The van der Waals surface area contributed by atoms with E-state index in [1.54, 1.807) is 4.68 Å². The van der Waals surface area contributed by atoms with Gasteiger partial charge in [-0.2, -0.15) is 0 Å². The van der Waals surface area contributed by atoms with Gasteiger partial charge in [-0.05, 0) is 5.56 Å². The smallest absolute Gasteiger partial charge is 0.172 e. The Kier molecular flexibility index (Phi) is 3.28. The minimum absolute atomic E-state index is 0.158. The molecule has 1 heterocycles. The van der Waals surface area contributed by atoms with Crippen molar-refractivity contribution in [3.63, 3.8) is 0 Å². The van der Waals surface area contributed by atoms with E-state index in [9.17, 15) is 4.79 Å². The molecule has 2 aromatic rings. The molecule has 0 fully saturated rings. The second kappa shape index (κ2) is 4.72. The van der Waals surface area contributed by atoms with Crippen LogP contribution in [0.15, 0.2) is 30.3 Å². The zero-order valence-corrected chi connectivity index (χ0v) is 10.9. The Hall–Kier alpha value is -1.97. The number of rotatable bonds is 3. The predicted octanol–water partition coefficient (Wildman–Crippen LogP) is 2.44. The molecule has 2 rings (SSSR count). The Bertz CT molecular complexity index is 538. The van der Waals surface area contributed by atoms with E-state index in [-0.39, 0.29) is 5.41 Å². The highest BCUT2D eigenvalue weighted by Gasteiger charge is 2.24. The van der Waals surface area contributed by atoms with Crippen LogP contribution in [0, 0.1) is 0 Å². The van der Waals surface area contributed by atoms with E-state index < -0.39 is 0 Å². The Morgan fingerprint density at radius 3 is 2.44 bits per heavy atom. The van der Waals surface area contributed by atoms with E-state index in [4.69, 9.17) is 0 Å². The molecule has 1 aromatic carbocycles. The van der Waals surface area contributed by atoms with Crippen LogP contribution in [0.1, 0.15) is 42.5 Å². The second-order valence-electron chi connectivity index (χ2n) is 5.33. The summed E-state index contributed by atoms with van der Waals surface area (Å²) < 4.78 is 1.80. The molecule has 0 N–H and O–H groups in total. The van der Waals surface area contributed by atoms with Crippen molar-refractivity contribution in [2.45, 2.75) is 32.7 Å².